The van der Waals surface area contributed by atoms with E-state index in [9.17, 15) is 9.59 Å². The predicted molar refractivity (Wildman–Crippen MR) is 102 cm³/mol. The third-order valence-electron chi connectivity index (χ3n) is 4.32. The molecule has 0 saturated carbocycles. The minimum absolute atomic E-state index is 0.0405. The van der Waals surface area contributed by atoms with Gasteiger partial charge >= 0.3 is 5.97 Å². The van der Waals surface area contributed by atoms with E-state index in [1.54, 1.807) is 6.92 Å². The van der Waals surface area contributed by atoms with Gasteiger partial charge in [0.05, 0.1) is 18.4 Å². The van der Waals surface area contributed by atoms with Crippen molar-refractivity contribution in [2.24, 2.45) is 0 Å². The van der Waals surface area contributed by atoms with Gasteiger partial charge in [-0.2, -0.15) is 0 Å². The number of esters is 1. The summed E-state index contributed by atoms with van der Waals surface area (Å²) in [5, 5.41) is 11.9. The van der Waals surface area contributed by atoms with Crippen molar-refractivity contribution in [3.8, 4) is 0 Å². The molecule has 0 unspecified atom stereocenters. The van der Waals surface area contributed by atoms with Crippen LogP contribution in [0.5, 0.6) is 0 Å². The van der Waals surface area contributed by atoms with Crippen molar-refractivity contribution in [2.75, 3.05) is 13.2 Å². The minimum Gasteiger partial charge on any atom is -0.466 e. The molecule has 1 aromatic carbocycles. The molecule has 1 fully saturated rings. The molecule has 144 valence electrons. The maximum Gasteiger partial charge on any atom is 0.313 e. The molecule has 2 aromatic rings. The third kappa shape index (κ3) is 5.32. The first-order valence-corrected chi connectivity index (χ1v) is 10.1. The Morgan fingerprint density at radius 2 is 2.11 bits per heavy atom. The highest BCUT2D eigenvalue weighted by Crippen LogP contribution is 2.28. The summed E-state index contributed by atoms with van der Waals surface area (Å²) in [6.45, 7) is 3.37. The highest BCUT2D eigenvalue weighted by molar-refractivity contribution is 8.00. The van der Waals surface area contributed by atoms with E-state index in [2.05, 4.69) is 15.5 Å². The van der Waals surface area contributed by atoms with Crippen LogP contribution in [0, 0.1) is 0 Å². The fourth-order valence-corrected chi connectivity index (χ4v) is 4.07. The average Bonchev–Trinajstić information content (AvgIpc) is 2.89. The van der Waals surface area contributed by atoms with Crippen LogP contribution in [0.4, 0.5) is 0 Å². The number of ether oxygens (including phenoxy) is 1. The number of carbonyl (C=O) groups excluding carboxylic acids is 2. The Labute approximate surface area is 162 Å². The maximum atomic E-state index is 12.3. The van der Waals surface area contributed by atoms with E-state index < -0.39 is 0 Å². The molecule has 0 radical (unpaired) electrons. The molecule has 1 saturated heterocycles. The molecule has 2 heterocycles. The van der Waals surface area contributed by atoms with Gasteiger partial charge in [-0.3, -0.25) is 9.59 Å². The van der Waals surface area contributed by atoms with Crippen molar-refractivity contribution in [1.29, 1.82) is 0 Å². The molecule has 7 nitrogen and oxygen atoms in total. The van der Waals surface area contributed by atoms with E-state index in [1.807, 2.05) is 34.9 Å². The van der Waals surface area contributed by atoms with E-state index in [0.717, 1.165) is 31.4 Å². The van der Waals surface area contributed by atoms with Crippen LogP contribution >= 0.6 is 11.8 Å². The number of rotatable bonds is 7. The normalized spacial score (nSPS) is 17.2. The Balaban J connectivity index is 1.84. The monoisotopic (exact) mass is 388 g/mol. The zero-order valence-corrected chi connectivity index (χ0v) is 16.2. The van der Waals surface area contributed by atoms with E-state index in [4.69, 9.17) is 4.74 Å². The van der Waals surface area contributed by atoms with E-state index in [1.165, 1.54) is 11.8 Å². The smallest absolute Gasteiger partial charge is 0.313 e. The van der Waals surface area contributed by atoms with Crippen molar-refractivity contribution < 1.29 is 14.3 Å². The number of carbonyl (C=O) groups is 2. The molecule has 8 heteroatoms. The Kier molecular flexibility index (Phi) is 6.86. The first kappa shape index (κ1) is 19.4. The second kappa shape index (κ2) is 9.55. The molecule has 1 atom stereocenters. The summed E-state index contributed by atoms with van der Waals surface area (Å²) in [5.41, 5.74) is 1.08. The van der Waals surface area contributed by atoms with Gasteiger partial charge in [0, 0.05) is 6.54 Å². The van der Waals surface area contributed by atoms with Gasteiger partial charge in [-0.25, -0.2) is 0 Å². The lowest BCUT2D eigenvalue weighted by Crippen LogP contribution is -2.31. The van der Waals surface area contributed by atoms with E-state index in [0.29, 0.717) is 24.1 Å². The number of nitrogens with zero attached hydrogens (tertiary/aromatic N) is 3. The van der Waals surface area contributed by atoms with Crippen LogP contribution < -0.4 is 5.32 Å². The molecule has 0 spiro atoms. The number of thioether (sulfide) groups is 1. The zero-order valence-electron chi connectivity index (χ0n) is 15.4. The lowest BCUT2D eigenvalue weighted by atomic mass is 10.2. The summed E-state index contributed by atoms with van der Waals surface area (Å²) < 4.78 is 6.96. The molecule has 3 rings (SSSR count). The molecule has 1 aliphatic heterocycles. The minimum atomic E-state index is -0.331. The van der Waals surface area contributed by atoms with Crippen LogP contribution in [-0.2, 0) is 27.3 Å². The Morgan fingerprint density at radius 3 is 2.89 bits per heavy atom. The number of amides is 1. The fraction of sp³-hybridized carbons (Fsp3) is 0.474. The molecular formula is C19H24N4O3S. The van der Waals surface area contributed by atoms with Gasteiger partial charge < -0.3 is 14.6 Å². The number of benzene rings is 1. The van der Waals surface area contributed by atoms with Crippen LogP contribution in [0.3, 0.4) is 0 Å². The topological polar surface area (TPSA) is 86.1 Å². The first-order chi connectivity index (χ1) is 13.2. The van der Waals surface area contributed by atoms with Gasteiger partial charge in [-0.05, 0) is 25.3 Å². The third-order valence-corrected chi connectivity index (χ3v) is 5.56. The standard InChI is InChI=1S/C19H24N4O3S/c1-2-26-17(24)12-16-21-22-19(23(16)13-14-8-4-3-5-9-14)27-15-10-6-7-11-20-18(15)25/h3-5,8-9,15H,2,6-7,10-13H2,1H3,(H,20,25)/t15-/m1/s1. The largest absolute Gasteiger partial charge is 0.466 e. The summed E-state index contributed by atoms with van der Waals surface area (Å²) >= 11 is 1.42. The van der Waals surface area contributed by atoms with Gasteiger partial charge in [0.1, 0.15) is 12.2 Å². The summed E-state index contributed by atoms with van der Waals surface area (Å²) in [5.74, 6) is 0.260. The molecule has 0 bridgehead atoms. The second-order valence-corrected chi connectivity index (χ2v) is 7.52. The quantitative estimate of drug-likeness (QED) is 0.732. The van der Waals surface area contributed by atoms with Crippen molar-refractivity contribution in [1.82, 2.24) is 20.1 Å². The van der Waals surface area contributed by atoms with Crippen LogP contribution in [0.1, 0.15) is 37.6 Å². The molecule has 1 N–H and O–H groups in total. The summed E-state index contributed by atoms with van der Waals surface area (Å²) in [6, 6.07) is 9.93. The van der Waals surface area contributed by atoms with Crippen LogP contribution in [0.25, 0.3) is 0 Å². The first-order valence-electron chi connectivity index (χ1n) is 9.23. The van der Waals surface area contributed by atoms with Gasteiger partial charge in [0.25, 0.3) is 0 Å². The SMILES string of the molecule is CCOC(=O)Cc1nnc(S[C@@H]2CCCCNC2=O)n1Cc1ccccc1. The molecule has 1 amide bonds. The van der Waals surface area contributed by atoms with Crippen molar-refractivity contribution in [3.05, 3.63) is 41.7 Å². The van der Waals surface area contributed by atoms with E-state index >= 15 is 0 Å². The Morgan fingerprint density at radius 1 is 1.30 bits per heavy atom. The number of aromatic nitrogens is 3. The molecular weight excluding hydrogens is 364 g/mol. The van der Waals surface area contributed by atoms with Gasteiger partial charge in [0.15, 0.2) is 5.16 Å². The van der Waals surface area contributed by atoms with Crippen LogP contribution in [0.2, 0.25) is 0 Å². The lowest BCUT2D eigenvalue weighted by molar-refractivity contribution is -0.142. The molecule has 0 aliphatic carbocycles. The Hall–Kier alpha value is -2.35. The van der Waals surface area contributed by atoms with Crippen LogP contribution in [0.15, 0.2) is 35.5 Å². The van der Waals surface area contributed by atoms with Crippen molar-refractivity contribution in [2.45, 2.75) is 49.6 Å². The van der Waals surface area contributed by atoms with Gasteiger partial charge in [-0.1, -0.05) is 48.5 Å². The summed E-state index contributed by atoms with van der Waals surface area (Å²) in [7, 11) is 0. The maximum absolute atomic E-state index is 12.3. The fourth-order valence-electron chi connectivity index (χ4n) is 2.95. The molecule has 1 aliphatic rings. The highest BCUT2D eigenvalue weighted by atomic mass is 32.2. The number of hydrogen-bond donors (Lipinski definition) is 1. The van der Waals surface area contributed by atoms with Crippen LogP contribution in [-0.4, -0.2) is 45.0 Å². The molecule has 27 heavy (non-hydrogen) atoms. The molecule has 1 aromatic heterocycles. The summed E-state index contributed by atoms with van der Waals surface area (Å²) in [4.78, 5) is 24.2. The predicted octanol–water partition coefficient (Wildman–Crippen LogP) is 2.19. The van der Waals surface area contributed by atoms with Crippen molar-refractivity contribution in [3.63, 3.8) is 0 Å². The number of nitrogens with one attached hydrogen (secondary N) is 1. The highest BCUT2D eigenvalue weighted by Gasteiger charge is 2.25. The van der Waals surface area contributed by atoms with E-state index in [-0.39, 0.29) is 23.5 Å². The van der Waals surface area contributed by atoms with Gasteiger partial charge in [-0.15, -0.1) is 10.2 Å². The number of hydrogen-bond acceptors (Lipinski definition) is 6. The van der Waals surface area contributed by atoms with Gasteiger partial charge in [0.2, 0.25) is 5.91 Å². The second-order valence-electron chi connectivity index (χ2n) is 6.35. The summed E-state index contributed by atoms with van der Waals surface area (Å²) in [6.07, 6.45) is 2.86. The average molecular weight is 388 g/mol. The van der Waals surface area contributed by atoms with Crippen molar-refractivity contribution >= 4 is 23.6 Å². The lowest BCUT2D eigenvalue weighted by Gasteiger charge is -2.14. The zero-order chi connectivity index (χ0) is 19.1. The Bertz CT molecular complexity index is 779.